The van der Waals surface area contributed by atoms with Crippen LogP contribution in [-0.2, 0) is 4.79 Å². The molecule has 25 heavy (non-hydrogen) atoms. The fourth-order valence-electron chi connectivity index (χ4n) is 3.03. The Morgan fingerprint density at radius 3 is 2.88 bits per heavy atom. The summed E-state index contributed by atoms with van der Waals surface area (Å²) in [6.07, 6.45) is 1.73. The number of para-hydroxylation sites is 1. The van der Waals surface area contributed by atoms with Crippen LogP contribution in [0.15, 0.2) is 46.9 Å². The van der Waals surface area contributed by atoms with Gasteiger partial charge >= 0.3 is 0 Å². The predicted octanol–water partition coefficient (Wildman–Crippen LogP) is 4.46. The lowest BCUT2D eigenvalue weighted by Gasteiger charge is -2.06. The number of hydrogen-bond donors (Lipinski definition) is 2. The average Bonchev–Trinajstić information content (AvgIpc) is 3.24. The molecule has 6 heteroatoms. The summed E-state index contributed by atoms with van der Waals surface area (Å²) < 4.78 is 20.8. The molecule has 2 heterocycles. The highest BCUT2D eigenvalue weighted by Gasteiger charge is 2.30. The van der Waals surface area contributed by atoms with Crippen LogP contribution in [-0.4, -0.2) is 16.1 Å². The number of anilines is 1. The van der Waals surface area contributed by atoms with Crippen LogP contribution in [0.2, 0.25) is 0 Å². The molecule has 0 spiro atoms. The molecular weight excluding hydrogens is 321 g/mol. The fourth-order valence-corrected chi connectivity index (χ4v) is 3.03. The van der Waals surface area contributed by atoms with Crippen molar-refractivity contribution in [3.63, 3.8) is 0 Å². The van der Waals surface area contributed by atoms with E-state index in [0.717, 1.165) is 18.2 Å². The molecule has 0 atom stereocenters. The summed E-state index contributed by atoms with van der Waals surface area (Å²) in [6, 6.07) is 12.7. The number of amides is 1. The highest BCUT2D eigenvalue weighted by atomic mass is 19.1. The van der Waals surface area contributed by atoms with E-state index in [0.29, 0.717) is 27.9 Å². The zero-order chi connectivity index (χ0) is 17.0. The van der Waals surface area contributed by atoms with Crippen molar-refractivity contribution >= 4 is 33.5 Å². The van der Waals surface area contributed by atoms with Crippen LogP contribution in [0.3, 0.4) is 0 Å². The van der Waals surface area contributed by atoms with E-state index in [1.165, 1.54) is 0 Å². The molecule has 2 aromatic heterocycles. The molecule has 2 N–H and O–H groups in total. The summed E-state index contributed by atoms with van der Waals surface area (Å²) in [5.41, 5.74) is 1.83. The van der Waals surface area contributed by atoms with Gasteiger partial charge in [-0.1, -0.05) is 18.2 Å². The summed E-state index contributed by atoms with van der Waals surface area (Å²) in [4.78, 5) is 12.0. The SMILES string of the molecule is O=C(Nc1ccc2[nH]nc(-c3cc4ccccc4o3)c2c1F)C1CC1. The van der Waals surface area contributed by atoms with Crippen LogP contribution in [0, 0.1) is 11.7 Å². The second-order valence-electron chi connectivity index (χ2n) is 6.33. The number of furan rings is 1. The number of carbonyl (C=O) groups is 1. The standard InChI is InChI=1S/C19H14FN3O2/c20-17-13(21-19(24)10-5-6-10)8-7-12-16(17)18(23-22-12)15-9-11-3-1-2-4-14(11)25-15/h1-4,7-10H,5-6H2,(H,21,24)(H,22,23). The monoisotopic (exact) mass is 335 g/mol. The van der Waals surface area contributed by atoms with Gasteiger partial charge in [-0.15, -0.1) is 0 Å². The number of fused-ring (bicyclic) bond motifs is 2. The van der Waals surface area contributed by atoms with Crippen LogP contribution >= 0.6 is 0 Å². The van der Waals surface area contributed by atoms with E-state index < -0.39 is 5.82 Å². The van der Waals surface area contributed by atoms with Gasteiger partial charge in [0.25, 0.3) is 0 Å². The Kier molecular flexibility index (Phi) is 2.94. The summed E-state index contributed by atoms with van der Waals surface area (Å²) in [7, 11) is 0. The van der Waals surface area contributed by atoms with Crippen LogP contribution in [0.1, 0.15) is 12.8 Å². The first kappa shape index (κ1) is 14.2. The molecule has 1 aliphatic carbocycles. The van der Waals surface area contributed by atoms with E-state index >= 15 is 4.39 Å². The highest BCUT2D eigenvalue weighted by molar-refractivity contribution is 6.00. The normalized spacial score (nSPS) is 14.3. The Hall–Kier alpha value is -3.15. The number of aromatic amines is 1. The molecule has 1 aliphatic rings. The number of benzene rings is 2. The minimum atomic E-state index is -0.504. The number of hydrogen-bond acceptors (Lipinski definition) is 3. The Balaban J connectivity index is 1.64. The quantitative estimate of drug-likeness (QED) is 0.580. The molecule has 2 aromatic carbocycles. The summed E-state index contributed by atoms with van der Waals surface area (Å²) in [6.45, 7) is 0. The Bertz CT molecular complexity index is 1090. The zero-order valence-corrected chi connectivity index (χ0v) is 13.2. The maximum absolute atomic E-state index is 15.0. The van der Waals surface area contributed by atoms with E-state index in [2.05, 4.69) is 15.5 Å². The van der Waals surface area contributed by atoms with Gasteiger partial charge in [-0.25, -0.2) is 4.39 Å². The van der Waals surface area contributed by atoms with Crippen molar-refractivity contribution in [2.24, 2.45) is 5.92 Å². The molecule has 1 fully saturated rings. The molecule has 1 saturated carbocycles. The average molecular weight is 335 g/mol. The van der Waals surface area contributed by atoms with Gasteiger partial charge in [-0.05, 0) is 37.1 Å². The predicted molar refractivity (Wildman–Crippen MR) is 92.6 cm³/mol. The van der Waals surface area contributed by atoms with E-state index in [1.807, 2.05) is 30.3 Å². The van der Waals surface area contributed by atoms with E-state index in [-0.39, 0.29) is 17.5 Å². The molecule has 5 rings (SSSR count). The number of nitrogens with zero attached hydrogens (tertiary/aromatic N) is 1. The number of rotatable bonds is 3. The number of aromatic nitrogens is 2. The van der Waals surface area contributed by atoms with Crippen LogP contribution in [0.25, 0.3) is 33.3 Å². The Morgan fingerprint density at radius 2 is 2.08 bits per heavy atom. The summed E-state index contributed by atoms with van der Waals surface area (Å²) >= 11 is 0. The molecule has 4 aromatic rings. The number of H-pyrrole nitrogens is 1. The topological polar surface area (TPSA) is 70.9 Å². The van der Waals surface area contributed by atoms with Gasteiger partial charge < -0.3 is 9.73 Å². The van der Waals surface area contributed by atoms with Crippen molar-refractivity contribution in [1.29, 1.82) is 0 Å². The van der Waals surface area contributed by atoms with Gasteiger partial charge in [0.15, 0.2) is 11.6 Å². The number of nitrogens with one attached hydrogen (secondary N) is 2. The third kappa shape index (κ3) is 2.29. The Morgan fingerprint density at radius 1 is 1.24 bits per heavy atom. The van der Waals surface area contributed by atoms with Crippen LogP contribution < -0.4 is 5.32 Å². The second-order valence-corrected chi connectivity index (χ2v) is 6.33. The Labute approximate surface area is 141 Å². The third-order valence-corrected chi connectivity index (χ3v) is 4.53. The fraction of sp³-hybridized carbons (Fsp3) is 0.158. The van der Waals surface area contributed by atoms with Crippen molar-refractivity contribution < 1.29 is 13.6 Å². The van der Waals surface area contributed by atoms with Crippen LogP contribution in [0.4, 0.5) is 10.1 Å². The molecule has 124 valence electrons. The molecule has 0 bridgehead atoms. The minimum Gasteiger partial charge on any atom is -0.454 e. The smallest absolute Gasteiger partial charge is 0.227 e. The van der Waals surface area contributed by atoms with Gasteiger partial charge in [0, 0.05) is 11.3 Å². The minimum absolute atomic E-state index is 0.00860. The lowest BCUT2D eigenvalue weighted by atomic mass is 10.1. The van der Waals surface area contributed by atoms with Gasteiger partial charge in [0.2, 0.25) is 5.91 Å². The first-order chi connectivity index (χ1) is 12.2. The van der Waals surface area contributed by atoms with Gasteiger partial charge in [0.1, 0.15) is 11.3 Å². The highest BCUT2D eigenvalue weighted by Crippen LogP contribution is 2.36. The molecule has 1 amide bonds. The largest absolute Gasteiger partial charge is 0.454 e. The first-order valence-corrected chi connectivity index (χ1v) is 8.17. The lowest BCUT2D eigenvalue weighted by molar-refractivity contribution is -0.117. The summed E-state index contributed by atoms with van der Waals surface area (Å²) in [5, 5.41) is 11.0. The maximum Gasteiger partial charge on any atom is 0.227 e. The second kappa shape index (κ2) is 5.17. The zero-order valence-electron chi connectivity index (χ0n) is 13.2. The maximum atomic E-state index is 15.0. The van der Waals surface area contributed by atoms with Crippen molar-refractivity contribution in [3.05, 3.63) is 48.3 Å². The van der Waals surface area contributed by atoms with E-state index in [9.17, 15) is 4.79 Å². The van der Waals surface area contributed by atoms with Crippen LogP contribution in [0.5, 0.6) is 0 Å². The van der Waals surface area contributed by atoms with E-state index in [4.69, 9.17) is 4.42 Å². The van der Waals surface area contributed by atoms with Crippen molar-refractivity contribution in [1.82, 2.24) is 10.2 Å². The van der Waals surface area contributed by atoms with Gasteiger partial charge in [-0.2, -0.15) is 5.10 Å². The molecular formula is C19H14FN3O2. The lowest BCUT2D eigenvalue weighted by Crippen LogP contribution is -2.14. The van der Waals surface area contributed by atoms with E-state index in [1.54, 1.807) is 12.1 Å². The van der Waals surface area contributed by atoms with Crippen molar-refractivity contribution in [2.75, 3.05) is 5.32 Å². The van der Waals surface area contributed by atoms with Crippen molar-refractivity contribution in [3.8, 4) is 11.5 Å². The number of carbonyl (C=O) groups excluding carboxylic acids is 1. The molecule has 0 saturated heterocycles. The van der Waals surface area contributed by atoms with Crippen molar-refractivity contribution in [2.45, 2.75) is 12.8 Å². The molecule has 0 radical (unpaired) electrons. The third-order valence-electron chi connectivity index (χ3n) is 4.53. The molecule has 0 aliphatic heterocycles. The molecule has 5 nitrogen and oxygen atoms in total. The molecule has 0 unspecified atom stereocenters. The van der Waals surface area contributed by atoms with Gasteiger partial charge in [-0.3, -0.25) is 9.89 Å². The van der Waals surface area contributed by atoms with Gasteiger partial charge in [0.05, 0.1) is 16.6 Å². The number of halogens is 1. The first-order valence-electron chi connectivity index (χ1n) is 8.17. The summed E-state index contributed by atoms with van der Waals surface area (Å²) in [5.74, 6) is -0.144.